The minimum absolute atomic E-state index is 0.00493. The Kier molecular flexibility index (Phi) is 5.41. The Hall–Kier alpha value is -3.21. The highest BCUT2D eigenvalue weighted by molar-refractivity contribution is 5.88. The zero-order valence-corrected chi connectivity index (χ0v) is 13.9. The summed E-state index contributed by atoms with van der Waals surface area (Å²) in [6.07, 6.45) is -2.52. The fourth-order valence-corrected chi connectivity index (χ4v) is 2.35. The lowest BCUT2D eigenvalue weighted by Gasteiger charge is -2.08. The first-order valence-electron chi connectivity index (χ1n) is 7.57. The van der Waals surface area contributed by atoms with Crippen molar-refractivity contribution in [2.24, 2.45) is 0 Å². The van der Waals surface area contributed by atoms with Gasteiger partial charge >= 0.3 is 6.18 Å². The highest BCUT2D eigenvalue weighted by Gasteiger charge is 2.30. The van der Waals surface area contributed by atoms with Gasteiger partial charge in [0.1, 0.15) is 6.07 Å². The van der Waals surface area contributed by atoms with E-state index >= 15 is 0 Å². The van der Waals surface area contributed by atoms with Crippen LogP contribution in [0.15, 0.2) is 36.5 Å². The molecule has 0 aliphatic rings. The zero-order valence-electron chi connectivity index (χ0n) is 13.9. The van der Waals surface area contributed by atoms with Crippen molar-refractivity contribution in [1.82, 2.24) is 4.98 Å². The molecule has 0 amide bonds. The molecule has 1 heterocycles. The summed E-state index contributed by atoms with van der Waals surface area (Å²) in [5.41, 5.74) is 0.000881. The van der Waals surface area contributed by atoms with Crippen LogP contribution in [0.1, 0.15) is 42.1 Å². The Morgan fingerprint density at radius 3 is 2.46 bits per heavy atom. The van der Waals surface area contributed by atoms with Crippen LogP contribution in [-0.4, -0.2) is 9.91 Å². The van der Waals surface area contributed by atoms with Crippen molar-refractivity contribution in [3.8, 4) is 6.07 Å². The maximum absolute atomic E-state index is 12.6. The van der Waals surface area contributed by atoms with E-state index in [-0.39, 0.29) is 22.9 Å². The number of allylic oxidation sites excluding steroid dienone is 1. The average Bonchev–Trinajstić information content (AvgIpc) is 2.58. The van der Waals surface area contributed by atoms with Crippen molar-refractivity contribution in [3.05, 3.63) is 69.0 Å². The Labute approximate surface area is 147 Å². The Balaban J connectivity index is 2.45. The normalized spacial score (nSPS) is 12.1. The van der Waals surface area contributed by atoms with E-state index in [0.29, 0.717) is 17.3 Å². The number of alkyl halides is 3. The molecule has 0 saturated carbocycles. The van der Waals surface area contributed by atoms with Gasteiger partial charge in [0.05, 0.1) is 21.8 Å². The van der Waals surface area contributed by atoms with Gasteiger partial charge in [0, 0.05) is 17.8 Å². The van der Waals surface area contributed by atoms with E-state index in [1.807, 2.05) is 19.9 Å². The van der Waals surface area contributed by atoms with Crippen LogP contribution in [0.3, 0.4) is 0 Å². The van der Waals surface area contributed by atoms with Crippen molar-refractivity contribution >= 4 is 17.3 Å². The monoisotopic (exact) mass is 361 g/mol. The van der Waals surface area contributed by atoms with Crippen molar-refractivity contribution in [2.45, 2.75) is 25.9 Å². The molecule has 1 aromatic carbocycles. The lowest BCUT2D eigenvalue weighted by Crippen LogP contribution is -2.05. The van der Waals surface area contributed by atoms with Gasteiger partial charge in [0.2, 0.25) is 0 Å². The van der Waals surface area contributed by atoms with Crippen LogP contribution < -0.4 is 0 Å². The molecule has 0 bridgehead atoms. The molecule has 0 radical (unpaired) electrons. The Bertz CT molecular complexity index is 895. The molecule has 5 nitrogen and oxygen atoms in total. The summed E-state index contributed by atoms with van der Waals surface area (Å²) in [6, 6.07) is 8.33. The van der Waals surface area contributed by atoms with Gasteiger partial charge in [0.15, 0.2) is 0 Å². The van der Waals surface area contributed by atoms with Gasteiger partial charge in [-0.2, -0.15) is 18.4 Å². The number of nitrogens with zero attached hydrogens (tertiary/aromatic N) is 3. The molecule has 0 atom stereocenters. The number of halogens is 3. The van der Waals surface area contributed by atoms with E-state index in [4.69, 9.17) is 0 Å². The number of benzene rings is 1. The number of nitro groups is 1. The third-order valence-electron chi connectivity index (χ3n) is 3.67. The van der Waals surface area contributed by atoms with E-state index in [0.717, 1.165) is 12.1 Å². The first-order chi connectivity index (χ1) is 12.1. The Morgan fingerprint density at radius 2 is 2.00 bits per heavy atom. The number of nitro benzene ring substituents is 1. The molecule has 26 heavy (non-hydrogen) atoms. The van der Waals surface area contributed by atoms with Gasteiger partial charge < -0.3 is 0 Å². The van der Waals surface area contributed by atoms with E-state index in [1.54, 1.807) is 12.1 Å². The standard InChI is InChI=1S/C18H14F3N3O2/c1-11(2)15-5-3-12(8-17(15)24(25)26)7-13(9-22)16-6-4-14(10-23-16)18(19,20)21/h3-8,10-11H,1-2H3. The number of aromatic nitrogens is 1. The maximum atomic E-state index is 12.6. The van der Waals surface area contributed by atoms with Gasteiger partial charge in [-0.05, 0) is 29.7 Å². The first kappa shape index (κ1) is 19.1. The van der Waals surface area contributed by atoms with E-state index in [2.05, 4.69) is 4.98 Å². The summed E-state index contributed by atoms with van der Waals surface area (Å²) < 4.78 is 37.8. The van der Waals surface area contributed by atoms with E-state index < -0.39 is 16.7 Å². The molecular formula is C18H14F3N3O2. The third kappa shape index (κ3) is 4.25. The summed E-state index contributed by atoms with van der Waals surface area (Å²) in [4.78, 5) is 14.4. The molecule has 0 unspecified atom stereocenters. The molecule has 2 rings (SSSR count). The topological polar surface area (TPSA) is 79.8 Å². The van der Waals surface area contributed by atoms with Crippen LogP contribution in [0.4, 0.5) is 18.9 Å². The van der Waals surface area contributed by atoms with Crippen molar-refractivity contribution < 1.29 is 18.1 Å². The summed E-state index contributed by atoms with van der Waals surface area (Å²) in [6.45, 7) is 3.65. The van der Waals surface area contributed by atoms with Crippen molar-refractivity contribution in [1.29, 1.82) is 5.26 Å². The summed E-state index contributed by atoms with van der Waals surface area (Å²) in [7, 11) is 0. The largest absolute Gasteiger partial charge is 0.417 e. The van der Waals surface area contributed by atoms with Crippen LogP contribution in [0, 0.1) is 21.4 Å². The molecule has 2 aromatic rings. The highest BCUT2D eigenvalue weighted by atomic mass is 19.4. The predicted molar refractivity (Wildman–Crippen MR) is 89.9 cm³/mol. The third-order valence-corrected chi connectivity index (χ3v) is 3.67. The lowest BCUT2D eigenvalue weighted by molar-refractivity contribution is -0.385. The number of rotatable bonds is 4. The smallest absolute Gasteiger partial charge is 0.258 e. The number of nitriles is 1. The fourth-order valence-electron chi connectivity index (χ4n) is 2.35. The van der Waals surface area contributed by atoms with E-state index in [1.165, 1.54) is 12.1 Å². The minimum atomic E-state index is -4.52. The molecule has 0 aliphatic carbocycles. The summed E-state index contributed by atoms with van der Waals surface area (Å²) in [5.74, 6) is -0.0551. The van der Waals surface area contributed by atoms with Crippen LogP contribution in [0.25, 0.3) is 11.6 Å². The molecule has 0 N–H and O–H groups in total. The second-order valence-electron chi connectivity index (χ2n) is 5.83. The van der Waals surface area contributed by atoms with Crippen LogP contribution in [0.5, 0.6) is 0 Å². The van der Waals surface area contributed by atoms with Gasteiger partial charge in [-0.25, -0.2) is 0 Å². The van der Waals surface area contributed by atoms with Crippen LogP contribution >= 0.6 is 0 Å². The molecule has 134 valence electrons. The lowest BCUT2D eigenvalue weighted by atomic mass is 9.98. The summed E-state index contributed by atoms with van der Waals surface area (Å²) in [5, 5.41) is 20.5. The number of pyridine rings is 1. The van der Waals surface area contributed by atoms with Gasteiger partial charge in [0.25, 0.3) is 5.69 Å². The highest BCUT2D eigenvalue weighted by Crippen LogP contribution is 2.30. The summed E-state index contributed by atoms with van der Waals surface area (Å²) >= 11 is 0. The van der Waals surface area contributed by atoms with Gasteiger partial charge in [-0.3, -0.25) is 15.1 Å². The SMILES string of the molecule is CC(C)c1ccc(C=C(C#N)c2ccc(C(F)(F)F)cn2)cc1[N+](=O)[O-]. The van der Waals surface area contributed by atoms with Crippen LogP contribution in [-0.2, 0) is 6.18 Å². The quantitative estimate of drug-likeness (QED) is 0.426. The molecule has 0 saturated heterocycles. The van der Waals surface area contributed by atoms with Gasteiger partial charge in [-0.15, -0.1) is 0 Å². The van der Waals surface area contributed by atoms with Gasteiger partial charge in [-0.1, -0.05) is 26.0 Å². The predicted octanol–water partition coefficient (Wildman–Crippen LogP) is 5.20. The molecule has 0 fully saturated rings. The Morgan fingerprint density at radius 1 is 1.31 bits per heavy atom. The second kappa shape index (κ2) is 7.35. The van der Waals surface area contributed by atoms with Crippen molar-refractivity contribution in [3.63, 3.8) is 0 Å². The molecular weight excluding hydrogens is 347 g/mol. The van der Waals surface area contributed by atoms with Crippen LogP contribution in [0.2, 0.25) is 0 Å². The molecule has 0 spiro atoms. The fraction of sp³-hybridized carbons (Fsp3) is 0.222. The van der Waals surface area contributed by atoms with Crippen molar-refractivity contribution in [2.75, 3.05) is 0 Å². The molecule has 1 aromatic heterocycles. The first-order valence-corrected chi connectivity index (χ1v) is 7.57. The maximum Gasteiger partial charge on any atom is 0.417 e. The minimum Gasteiger partial charge on any atom is -0.258 e. The number of hydrogen-bond acceptors (Lipinski definition) is 4. The average molecular weight is 361 g/mol. The molecule has 8 heteroatoms. The number of hydrogen-bond donors (Lipinski definition) is 0. The zero-order chi connectivity index (χ0) is 19.5. The molecule has 0 aliphatic heterocycles. The van der Waals surface area contributed by atoms with E-state index in [9.17, 15) is 28.5 Å². The second-order valence-corrected chi connectivity index (χ2v) is 5.83.